The van der Waals surface area contributed by atoms with E-state index in [1.54, 1.807) is 24.3 Å². The molecule has 3 N–H and O–H groups in total. The fraction of sp³-hybridized carbons (Fsp3) is 0.261. The van der Waals surface area contributed by atoms with E-state index in [0.717, 1.165) is 31.6 Å². The SMILES string of the molecule is COc1ccccc1C(=O)Nc1cccc2nn3c(C4CCNCC4)cc(=O)[nH]c3c12. The van der Waals surface area contributed by atoms with Gasteiger partial charge in [0.2, 0.25) is 0 Å². The number of amides is 1. The van der Waals surface area contributed by atoms with Crippen molar-refractivity contribution < 1.29 is 9.53 Å². The van der Waals surface area contributed by atoms with Crippen molar-refractivity contribution >= 4 is 28.1 Å². The number of hydrogen-bond donors (Lipinski definition) is 3. The fourth-order valence-corrected chi connectivity index (χ4v) is 4.32. The first-order valence-electron chi connectivity index (χ1n) is 10.4. The molecule has 4 aromatic rings. The number of nitrogens with zero attached hydrogens (tertiary/aromatic N) is 2. The van der Waals surface area contributed by atoms with E-state index in [4.69, 9.17) is 9.84 Å². The van der Waals surface area contributed by atoms with Gasteiger partial charge < -0.3 is 20.4 Å². The second-order valence-electron chi connectivity index (χ2n) is 7.70. The van der Waals surface area contributed by atoms with E-state index in [1.807, 2.05) is 28.8 Å². The highest BCUT2D eigenvalue weighted by Crippen LogP contribution is 2.31. The van der Waals surface area contributed by atoms with Crippen molar-refractivity contribution in [3.05, 3.63) is 70.1 Å². The molecule has 0 bridgehead atoms. The quantitative estimate of drug-likeness (QED) is 0.474. The van der Waals surface area contributed by atoms with Gasteiger partial charge >= 0.3 is 0 Å². The third-order valence-corrected chi connectivity index (χ3v) is 5.82. The summed E-state index contributed by atoms with van der Waals surface area (Å²) in [6.07, 6.45) is 1.90. The molecule has 31 heavy (non-hydrogen) atoms. The normalized spacial score (nSPS) is 14.7. The maximum Gasteiger partial charge on any atom is 0.259 e. The molecule has 1 amide bonds. The number of anilines is 1. The Morgan fingerprint density at radius 1 is 1.16 bits per heavy atom. The molecule has 2 aromatic carbocycles. The number of carbonyl (C=O) groups is 1. The van der Waals surface area contributed by atoms with Crippen molar-refractivity contribution in [2.45, 2.75) is 18.8 Å². The zero-order valence-corrected chi connectivity index (χ0v) is 17.1. The zero-order chi connectivity index (χ0) is 21.4. The monoisotopic (exact) mass is 417 g/mol. The lowest BCUT2D eigenvalue weighted by atomic mass is 9.94. The van der Waals surface area contributed by atoms with Crippen LogP contribution < -0.4 is 20.9 Å². The Morgan fingerprint density at radius 3 is 2.77 bits per heavy atom. The highest BCUT2D eigenvalue weighted by atomic mass is 16.5. The van der Waals surface area contributed by atoms with Gasteiger partial charge in [0.1, 0.15) is 11.4 Å². The highest BCUT2D eigenvalue weighted by Gasteiger charge is 2.22. The van der Waals surface area contributed by atoms with E-state index in [1.165, 1.54) is 7.11 Å². The van der Waals surface area contributed by atoms with E-state index >= 15 is 0 Å². The predicted molar refractivity (Wildman–Crippen MR) is 119 cm³/mol. The Hall–Kier alpha value is -3.65. The van der Waals surface area contributed by atoms with Crippen LogP contribution in [0.2, 0.25) is 0 Å². The first kappa shape index (κ1) is 19.3. The number of ether oxygens (including phenoxy) is 1. The third kappa shape index (κ3) is 3.44. The summed E-state index contributed by atoms with van der Waals surface area (Å²) in [5, 5.41) is 11.8. The molecular formula is C23H23N5O3. The smallest absolute Gasteiger partial charge is 0.259 e. The van der Waals surface area contributed by atoms with Gasteiger partial charge in [0, 0.05) is 12.0 Å². The summed E-state index contributed by atoms with van der Waals surface area (Å²) in [6.45, 7) is 1.83. The number of nitrogens with one attached hydrogen (secondary N) is 3. The lowest BCUT2D eigenvalue weighted by Gasteiger charge is -2.23. The Bertz CT molecular complexity index is 1330. The summed E-state index contributed by atoms with van der Waals surface area (Å²) in [5.41, 5.74) is 3.04. The van der Waals surface area contributed by atoms with Crippen molar-refractivity contribution in [3.8, 4) is 5.75 Å². The minimum atomic E-state index is -0.291. The molecule has 1 aliphatic rings. The van der Waals surface area contributed by atoms with Crippen LogP contribution in [0.15, 0.2) is 53.3 Å². The summed E-state index contributed by atoms with van der Waals surface area (Å²) < 4.78 is 7.14. The molecular weight excluding hydrogens is 394 g/mol. The standard InChI is InChI=1S/C23H23N5O3/c1-31-19-8-3-2-5-15(19)23(30)25-16-6-4-7-17-21(16)22-26-20(29)13-18(28(22)27-17)14-9-11-24-12-10-14/h2-8,13-14,24H,9-12H2,1H3,(H,25,30)(H,26,29). The Morgan fingerprint density at radius 2 is 1.97 bits per heavy atom. The average Bonchev–Trinajstić information content (AvgIpc) is 3.18. The number of hydrogen-bond acceptors (Lipinski definition) is 5. The second-order valence-corrected chi connectivity index (χ2v) is 7.70. The summed E-state index contributed by atoms with van der Waals surface area (Å²) in [6, 6.07) is 14.2. The predicted octanol–water partition coefficient (Wildman–Crippen LogP) is 2.90. The topological polar surface area (TPSA) is 101 Å². The number of aromatic nitrogens is 3. The van der Waals surface area contributed by atoms with E-state index in [9.17, 15) is 9.59 Å². The minimum absolute atomic E-state index is 0.173. The van der Waals surface area contributed by atoms with Crippen molar-refractivity contribution in [1.82, 2.24) is 19.9 Å². The van der Waals surface area contributed by atoms with Crippen LogP contribution in [-0.2, 0) is 0 Å². The molecule has 1 saturated heterocycles. The number of carbonyl (C=O) groups excluding carboxylic acids is 1. The van der Waals surface area contributed by atoms with Crippen LogP contribution in [0, 0.1) is 0 Å². The summed E-state index contributed by atoms with van der Waals surface area (Å²) >= 11 is 0. The van der Waals surface area contributed by atoms with Crippen LogP contribution in [0.5, 0.6) is 5.75 Å². The number of para-hydroxylation sites is 1. The van der Waals surface area contributed by atoms with Gasteiger partial charge in [-0.3, -0.25) is 9.59 Å². The second kappa shape index (κ2) is 7.88. The summed E-state index contributed by atoms with van der Waals surface area (Å²) in [4.78, 5) is 28.4. The lowest BCUT2D eigenvalue weighted by Crippen LogP contribution is -2.28. The van der Waals surface area contributed by atoms with Gasteiger partial charge in [-0.15, -0.1) is 0 Å². The molecule has 0 unspecified atom stereocenters. The van der Waals surface area contributed by atoms with Crippen molar-refractivity contribution in [2.75, 3.05) is 25.5 Å². The zero-order valence-electron chi connectivity index (χ0n) is 17.1. The number of piperidine rings is 1. The fourth-order valence-electron chi connectivity index (χ4n) is 4.32. The Kier molecular flexibility index (Phi) is 4.91. The lowest BCUT2D eigenvalue weighted by molar-refractivity contribution is 0.102. The number of aromatic amines is 1. The summed E-state index contributed by atoms with van der Waals surface area (Å²) in [7, 11) is 1.53. The first-order valence-corrected chi connectivity index (χ1v) is 10.4. The van der Waals surface area contributed by atoms with Crippen molar-refractivity contribution in [1.29, 1.82) is 0 Å². The van der Waals surface area contributed by atoms with Gasteiger partial charge in [-0.25, -0.2) is 4.52 Å². The molecule has 3 heterocycles. The number of H-pyrrole nitrogens is 1. The maximum absolute atomic E-state index is 13.0. The van der Waals surface area contributed by atoms with Crippen LogP contribution in [-0.4, -0.2) is 40.7 Å². The van der Waals surface area contributed by atoms with E-state index < -0.39 is 0 Å². The molecule has 0 radical (unpaired) electrons. The molecule has 1 aliphatic heterocycles. The molecule has 0 saturated carbocycles. The molecule has 5 rings (SSSR count). The van der Waals surface area contributed by atoms with Crippen molar-refractivity contribution in [3.63, 3.8) is 0 Å². The molecule has 8 nitrogen and oxygen atoms in total. The van der Waals surface area contributed by atoms with Gasteiger partial charge in [0.15, 0.2) is 0 Å². The van der Waals surface area contributed by atoms with E-state index in [-0.39, 0.29) is 17.4 Å². The van der Waals surface area contributed by atoms with Crippen LogP contribution in [0.3, 0.4) is 0 Å². The van der Waals surface area contributed by atoms with Crippen LogP contribution in [0.4, 0.5) is 5.69 Å². The maximum atomic E-state index is 13.0. The number of benzene rings is 2. The number of methoxy groups -OCH3 is 1. The molecule has 1 fully saturated rings. The number of fused-ring (bicyclic) bond motifs is 3. The first-order chi connectivity index (χ1) is 15.2. The van der Waals surface area contributed by atoms with E-state index in [0.29, 0.717) is 33.6 Å². The van der Waals surface area contributed by atoms with Crippen LogP contribution in [0.25, 0.3) is 16.6 Å². The molecule has 8 heteroatoms. The van der Waals surface area contributed by atoms with Gasteiger partial charge in [-0.2, -0.15) is 5.10 Å². The third-order valence-electron chi connectivity index (χ3n) is 5.82. The largest absolute Gasteiger partial charge is 0.496 e. The van der Waals surface area contributed by atoms with Gasteiger partial charge in [-0.1, -0.05) is 18.2 Å². The average molecular weight is 417 g/mol. The van der Waals surface area contributed by atoms with Gasteiger partial charge in [0.05, 0.1) is 35.0 Å². The Labute approximate surface area is 178 Å². The van der Waals surface area contributed by atoms with Crippen LogP contribution >= 0.6 is 0 Å². The van der Waals surface area contributed by atoms with Gasteiger partial charge in [0.25, 0.3) is 11.5 Å². The molecule has 0 atom stereocenters. The molecule has 158 valence electrons. The molecule has 0 aliphatic carbocycles. The van der Waals surface area contributed by atoms with E-state index in [2.05, 4.69) is 15.6 Å². The van der Waals surface area contributed by atoms with Crippen LogP contribution in [0.1, 0.15) is 34.8 Å². The van der Waals surface area contributed by atoms with Crippen molar-refractivity contribution in [2.24, 2.45) is 0 Å². The molecule has 0 spiro atoms. The number of rotatable bonds is 4. The minimum Gasteiger partial charge on any atom is -0.496 e. The molecule has 2 aromatic heterocycles. The van der Waals surface area contributed by atoms with Gasteiger partial charge in [-0.05, 0) is 50.2 Å². The highest BCUT2D eigenvalue weighted by molar-refractivity contribution is 6.12. The Balaban J connectivity index is 1.63. The summed E-state index contributed by atoms with van der Waals surface area (Å²) in [5.74, 6) is 0.460.